The van der Waals surface area contributed by atoms with Crippen LogP contribution in [0.5, 0.6) is 0 Å². The van der Waals surface area contributed by atoms with Crippen LogP contribution in [0.4, 0.5) is 0 Å². The third kappa shape index (κ3) is 4.35. The van der Waals surface area contributed by atoms with Crippen molar-refractivity contribution in [3.8, 4) is 0 Å². The first kappa shape index (κ1) is 14.6. The van der Waals surface area contributed by atoms with Gasteiger partial charge in [0.05, 0.1) is 6.10 Å². The molecule has 19 heavy (non-hydrogen) atoms. The Morgan fingerprint density at radius 2 is 2.00 bits per heavy atom. The molecular formula is C13H16Cl2N2O2. The lowest BCUT2D eigenvalue weighted by Crippen LogP contribution is -2.44. The van der Waals surface area contributed by atoms with Crippen molar-refractivity contribution in [3.63, 3.8) is 0 Å². The Morgan fingerprint density at radius 1 is 1.37 bits per heavy atom. The summed E-state index contributed by atoms with van der Waals surface area (Å²) in [5.41, 5.74) is 0.600. The molecule has 1 heterocycles. The molecule has 1 aromatic carbocycles. The third-order valence-corrected chi connectivity index (χ3v) is 3.54. The molecule has 6 heteroatoms. The first-order chi connectivity index (χ1) is 9.04. The second-order valence-electron chi connectivity index (χ2n) is 4.75. The summed E-state index contributed by atoms with van der Waals surface area (Å²) in [5.74, 6) is 0.372. The van der Waals surface area contributed by atoms with Crippen LogP contribution in [0, 0.1) is 5.92 Å². The molecule has 1 aliphatic heterocycles. The lowest BCUT2D eigenvalue weighted by Gasteiger charge is -2.26. The van der Waals surface area contributed by atoms with Crippen LogP contribution in [0.1, 0.15) is 18.1 Å². The molecule has 0 radical (unpaired) electrons. The molecule has 1 amide bonds. The maximum absolute atomic E-state index is 11.6. The molecule has 0 bridgehead atoms. The van der Waals surface area contributed by atoms with Gasteiger partial charge in [0.2, 0.25) is 5.91 Å². The van der Waals surface area contributed by atoms with Crippen molar-refractivity contribution in [2.45, 2.75) is 12.5 Å². The zero-order valence-electron chi connectivity index (χ0n) is 10.3. The average Bonchev–Trinajstić information content (AvgIpc) is 2.29. The van der Waals surface area contributed by atoms with Gasteiger partial charge in [0.25, 0.3) is 0 Å². The Balaban J connectivity index is 1.82. The molecule has 3 N–H and O–H groups in total. The summed E-state index contributed by atoms with van der Waals surface area (Å²) in [5, 5.41) is 16.7. The number of benzene rings is 1. The number of amides is 1. The van der Waals surface area contributed by atoms with E-state index in [1.54, 1.807) is 18.2 Å². The van der Waals surface area contributed by atoms with Crippen LogP contribution in [0.25, 0.3) is 0 Å². The average molecular weight is 303 g/mol. The lowest BCUT2D eigenvalue weighted by molar-refractivity contribution is -0.122. The van der Waals surface area contributed by atoms with E-state index in [-0.39, 0.29) is 12.5 Å². The molecule has 1 aromatic rings. The fourth-order valence-corrected chi connectivity index (χ4v) is 2.47. The second-order valence-corrected chi connectivity index (χ2v) is 5.62. The molecular weight excluding hydrogens is 287 g/mol. The van der Waals surface area contributed by atoms with Crippen LogP contribution < -0.4 is 10.6 Å². The van der Waals surface area contributed by atoms with Gasteiger partial charge >= 0.3 is 0 Å². The summed E-state index contributed by atoms with van der Waals surface area (Å²) in [6.45, 7) is 1.94. The number of carbonyl (C=O) groups is 1. The molecule has 0 aliphatic carbocycles. The topological polar surface area (TPSA) is 61.4 Å². The Labute approximate surface area is 122 Å². The highest BCUT2D eigenvalue weighted by Crippen LogP contribution is 2.23. The highest BCUT2D eigenvalue weighted by atomic mass is 35.5. The Hall–Kier alpha value is -0.810. The van der Waals surface area contributed by atoms with E-state index in [0.717, 1.165) is 13.1 Å². The standard InChI is InChI=1S/C13H16Cl2N2O2/c14-10-2-9(3-11(15)4-10)12(18)7-17-13(19)1-8-5-16-6-8/h2-4,8,12,16,18H,1,5-7H2,(H,17,19). The van der Waals surface area contributed by atoms with Gasteiger partial charge in [0.15, 0.2) is 0 Å². The zero-order valence-corrected chi connectivity index (χ0v) is 11.8. The maximum Gasteiger partial charge on any atom is 0.220 e. The van der Waals surface area contributed by atoms with E-state index in [4.69, 9.17) is 23.2 Å². The SMILES string of the molecule is O=C(CC1CNC1)NCC(O)c1cc(Cl)cc(Cl)c1. The predicted octanol–water partition coefficient (Wildman–Crippen LogP) is 1.75. The molecule has 0 spiro atoms. The molecule has 1 fully saturated rings. The summed E-state index contributed by atoms with van der Waals surface area (Å²) < 4.78 is 0. The molecule has 1 atom stereocenters. The lowest BCUT2D eigenvalue weighted by atomic mass is 9.99. The molecule has 1 saturated heterocycles. The monoisotopic (exact) mass is 302 g/mol. The molecule has 1 aliphatic rings. The van der Waals surface area contributed by atoms with E-state index < -0.39 is 6.10 Å². The number of carbonyl (C=O) groups excluding carboxylic acids is 1. The van der Waals surface area contributed by atoms with Crippen molar-refractivity contribution in [1.29, 1.82) is 0 Å². The van der Waals surface area contributed by atoms with Gasteiger partial charge in [-0.25, -0.2) is 0 Å². The van der Waals surface area contributed by atoms with Crippen molar-refractivity contribution < 1.29 is 9.90 Å². The maximum atomic E-state index is 11.6. The summed E-state index contributed by atoms with van der Waals surface area (Å²) >= 11 is 11.7. The molecule has 1 unspecified atom stereocenters. The van der Waals surface area contributed by atoms with Gasteiger partial charge in [-0.2, -0.15) is 0 Å². The largest absolute Gasteiger partial charge is 0.387 e. The number of hydrogen-bond donors (Lipinski definition) is 3. The van der Waals surface area contributed by atoms with Crippen LogP contribution in [0.3, 0.4) is 0 Å². The van der Waals surface area contributed by atoms with Crippen LogP contribution in [-0.4, -0.2) is 30.6 Å². The summed E-state index contributed by atoms with van der Waals surface area (Å²) in [7, 11) is 0. The number of halogens is 2. The van der Waals surface area contributed by atoms with Crippen LogP contribution in [-0.2, 0) is 4.79 Å². The van der Waals surface area contributed by atoms with Crippen LogP contribution in [0.15, 0.2) is 18.2 Å². The number of rotatable bonds is 5. The Kier molecular flexibility index (Phi) is 5.05. The van der Waals surface area contributed by atoms with Crippen LogP contribution in [0.2, 0.25) is 10.0 Å². The Morgan fingerprint density at radius 3 is 2.53 bits per heavy atom. The van der Waals surface area contributed by atoms with E-state index in [9.17, 15) is 9.90 Å². The zero-order chi connectivity index (χ0) is 13.8. The number of nitrogens with one attached hydrogen (secondary N) is 2. The number of hydrogen-bond acceptors (Lipinski definition) is 3. The molecule has 0 aromatic heterocycles. The van der Waals surface area contributed by atoms with Gasteiger partial charge in [0, 0.05) is 23.0 Å². The smallest absolute Gasteiger partial charge is 0.220 e. The fourth-order valence-electron chi connectivity index (χ4n) is 1.92. The first-order valence-corrected chi connectivity index (χ1v) is 6.91. The number of aliphatic hydroxyl groups excluding tert-OH is 1. The van der Waals surface area contributed by atoms with Gasteiger partial charge in [-0.1, -0.05) is 23.2 Å². The molecule has 0 saturated carbocycles. The third-order valence-electron chi connectivity index (χ3n) is 3.10. The number of aliphatic hydroxyl groups is 1. The van der Waals surface area contributed by atoms with Gasteiger partial charge in [0.1, 0.15) is 0 Å². The van der Waals surface area contributed by atoms with Crippen molar-refractivity contribution in [2.24, 2.45) is 5.92 Å². The van der Waals surface area contributed by atoms with E-state index in [1.165, 1.54) is 0 Å². The van der Waals surface area contributed by atoms with Crippen LogP contribution >= 0.6 is 23.2 Å². The summed E-state index contributed by atoms with van der Waals surface area (Å²) in [4.78, 5) is 11.6. The minimum atomic E-state index is -0.806. The van der Waals surface area contributed by atoms with Crippen molar-refractivity contribution >= 4 is 29.1 Å². The first-order valence-electron chi connectivity index (χ1n) is 6.16. The van der Waals surface area contributed by atoms with Gasteiger partial charge in [-0.15, -0.1) is 0 Å². The van der Waals surface area contributed by atoms with Gasteiger partial charge < -0.3 is 15.7 Å². The van der Waals surface area contributed by atoms with Crippen molar-refractivity contribution in [2.75, 3.05) is 19.6 Å². The summed E-state index contributed by atoms with van der Waals surface area (Å²) in [6, 6.07) is 4.88. The van der Waals surface area contributed by atoms with Gasteiger partial charge in [-0.3, -0.25) is 4.79 Å². The Bertz CT molecular complexity index is 444. The second kappa shape index (κ2) is 6.57. The molecule has 4 nitrogen and oxygen atoms in total. The highest BCUT2D eigenvalue weighted by Gasteiger charge is 2.20. The minimum absolute atomic E-state index is 0.0429. The van der Waals surface area contributed by atoms with Gasteiger partial charge in [-0.05, 0) is 42.8 Å². The quantitative estimate of drug-likeness (QED) is 0.776. The molecule has 2 rings (SSSR count). The minimum Gasteiger partial charge on any atom is -0.387 e. The molecule has 104 valence electrons. The van der Waals surface area contributed by atoms with Crippen molar-refractivity contribution in [1.82, 2.24) is 10.6 Å². The normalized spacial score (nSPS) is 16.8. The van der Waals surface area contributed by atoms with E-state index >= 15 is 0 Å². The van der Waals surface area contributed by atoms with E-state index in [2.05, 4.69) is 10.6 Å². The van der Waals surface area contributed by atoms with Crippen molar-refractivity contribution in [3.05, 3.63) is 33.8 Å². The predicted molar refractivity (Wildman–Crippen MR) is 75.4 cm³/mol. The van der Waals surface area contributed by atoms with E-state index in [0.29, 0.717) is 27.9 Å². The fraction of sp³-hybridized carbons (Fsp3) is 0.462. The summed E-state index contributed by atoms with van der Waals surface area (Å²) in [6.07, 6.45) is -0.310. The van der Waals surface area contributed by atoms with E-state index in [1.807, 2.05) is 0 Å². The highest BCUT2D eigenvalue weighted by molar-refractivity contribution is 6.34.